The van der Waals surface area contributed by atoms with Crippen LogP contribution in [0.25, 0.3) is 10.4 Å². The first-order valence-electron chi connectivity index (χ1n) is 11.7. The molecule has 3 aromatic carbocycles. The molecule has 6 nitrogen and oxygen atoms in total. The van der Waals surface area contributed by atoms with E-state index >= 15 is 0 Å². The third-order valence-corrected chi connectivity index (χ3v) is 7.12. The van der Waals surface area contributed by atoms with Crippen LogP contribution in [0.15, 0.2) is 102 Å². The number of azide groups is 1. The van der Waals surface area contributed by atoms with Gasteiger partial charge in [-0.2, -0.15) is 5.10 Å². The van der Waals surface area contributed by atoms with E-state index < -0.39 is 11.6 Å². The highest BCUT2D eigenvalue weighted by Gasteiger charge is 2.41. The molecule has 4 rings (SSSR count). The summed E-state index contributed by atoms with van der Waals surface area (Å²) in [6.07, 6.45) is 3.47. The second kappa shape index (κ2) is 9.94. The van der Waals surface area contributed by atoms with Gasteiger partial charge in [-0.15, -0.1) is 0 Å². The molecule has 0 amide bonds. The second-order valence-corrected chi connectivity index (χ2v) is 8.82. The number of hydrogen-bond acceptors (Lipinski definition) is 3. The Morgan fingerprint density at radius 2 is 1.26 bits per heavy atom. The smallest absolute Gasteiger partial charge is 0.160 e. The summed E-state index contributed by atoms with van der Waals surface area (Å²) in [6.45, 7) is 6.36. The Kier molecular flexibility index (Phi) is 6.80. The highest BCUT2D eigenvalue weighted by molar-refractivity contribution is 5.50. The average molecular weight is 451 g/mol. The quantitative estimate of drug-likeness (QED) is 0.116. The highest BCUT2D eigenvalue weighted by Crippen LogP contribution is 2.43. The maximum atomic E-state index is 9.35. The molecule has 0 spiro atoms. The van der Waals surface area contributed by atoms with Gasteiger partial charge >= 0.3 is 0 Å². The summed E-state index contributed by atoms with van der Waals surface area (Å²) in [5, 5.41) is 9.20. The Bertz CT molecular complexity index is 1140. The van der Waals surface area contributed by atoms with E-state index in [9.17, 15) is 5.53 Å². The van der Waals surface area contributed by atoms with Crippen molar-refractivity contribution in [1.29, 1.82) is 0 Å². The van der Waals surface area contributed by atoms with Crippen LogP contribution < -0.4 is 0 Å². The highest BCUT2D eigenvalue weighted by atomic mass is 15.4. The first-order valence-corrected chi connectivity index (χ1v) is 11.7. The van der Waals surface area contributed by atoms with Crippen molar-refractivity contribution in [2.45, 2.75) is 45.2 Å². The van der Waals surface area contributed by atoms with Crippen molar-refractivity contribution in [2.75, 3.05) is 0 Å². The van der Waals surface area contributed by atoms with Crippen molar-refractivity contribution in [3.8, 4) is 0 Å². The minimum atomic E-state index is -0.745. The Morgan fingerprint density at radius 3 is 1.65 bits per heavy atom. The summed E-state index contributed by atoms with van der Waals surface area (Å²) in [5.41, 5.74) is 11.6. The fourth-order valence-electron chi connectivity index (χ4n) is 4.69. The molecule has 0 N–H and O–H groups in total. The molecule has 0 aliphatic carbocycles. The predicted octanol–water partition coefficient (Wildman–Crippen LogP) is 7.30. The molecule has 4 aromatic rings. The van der Waals surface area contributed by atoms with Crippen molar-refractivity contribution in [1.82, 2.24) is 14.8 Å². The van der Waals surface area contributed by atoms with Gasteiger partial charge in [0.05, 0.1) is 0 Å². The Hall–Kier alpha value is -3.89. The number of benzene rings is 3. The molecule has 0 radical (unpaired) electrons. The first kappa shape index (κ1) is 23.3. The van der Waals surface area contributed by atoms with E-state index in [1.54, 1.807) is 6.33 Å². The molecule has 0 aliphatic rings. The minimum Gasteiger partial charge on any atom is -0.233 e. The third-order valence-electron chi connectivity index (χ3n) is 7.12. The molecule has 0 aliphatic heterocycles. The zero-order valence-corrected chi connectivity index (χ0v) is 19.9. The maximum absolute atomic E-state index is 9.35. The molecule has 1 unspecified atom stereocenters. The zero-order chi connectivity index (χ0) is 24.0. The van der Waals surface area contributed by atoms with Crippen molar-refractivity contribution in [3.05, 3.63) is 130 Å². The maximum Gasteiger partial charge on any atom is 0.160 e. The van der Waals surface area contributed by atoms with Gasteiger partial charge in [-0.1, -0.05) is 117 Å². The van der Waals surface area contributed by atoms with E-state index in [1.165, 1.54) is 0 Å². The van der Waals surface area contributed by atoms with Crippen LogP contribution >= 0.6 is 0 Å². The van der Waals surface area contributed by atoms with E-state index in [2.05, 4.69) is 67.2 Å². The van der Waals surface area contributed by atoms with Gasteiger partial charge in [-0.3, -0.25) is 0 Å². The molecular formula is C28H30N6. The molecular weight excluding hydrogens is 420 g/mol. The van der Waals surface area contributed by atoms with Gasteiger partial charge in [0.15, 0.2) is 5.82 Å². The number of nitrogens with zero attached hydrogens (tertiary/aromatic N) is 6. The van der Waals surface area contributed by atoms with Gasteiger partial charge in [-0.05, 0) is 40.5 Å². The largest absolute Gasteiger partial charge is 0.233 e. The number of aromatic nitrogens is 3. The Morgan fingerprint density at radius 1 is 0.824 bits per heavy atom. The monoisotopic (exact) mass is 450 g/mol. The molecule has 0 saturated heterocycles. The normalized spacial score (nSPS) is 12.7. The predicted molar refractivity (Wildman–Crippen MR) is 135 cm³/mol. The van der Waals surface area contributed by atoms with Crippen molar-refractivity contribution in [2.24, 2.45) is 10.5 Å². The van der Waals surface area contributed by atoms with Gasteiger partial charge < -0.3 is 0 Å². The lowest BCUT2D eigenvalue weighted by Gasteiger charge is -2.36. The lowest BCUT2D eigenvalue weighted by Crippen LogP contribution is -2.38. The Balaban J connectivity index is 2.02. The summed E-state index contributed by atoms with van der Waals surface area (Å²) in [5.74, 6) is 0.538. The SMILES string of the molecule is CCC(C)(CC)C(N=[N+]=[N-])c1ncn(C(c2ccccc2)(c2ccccc2)c2ccccc2)n1. The fourth-order valence-corrected chi connectivity index (χ4v) is 4.69. The lowest BCUT2D eigenvalue weighted by molar-refractivity contribution is 0.225. The molecule has 34 heavy (non-hydrogen) atoms. The van der Waals surface area contributed by atoms with Gasteiger partial charge in [0.1, 0.15) is 17.9 Å². The fraction of sp³-hybridized carbons (Fsp3) is 0.286. The average Bonchev–Trinajstić information content (AvgIpc) is 3.39. The first-order chi connectivity index (χ1) is 16.6. The van der Waals surface area contributed by atoms with E-state index in [4.69, 9.17) is 10.1 Å². The summed E-state index contributed by atoms with van der Waals surface area (Å²) in [7, 11) is 0. The van der Waals surface area contributed by atoms with E-state index in [-0.39, 0.29) is 5.41 Å². The van der Waals surface area contributed by atoms with Crippen LogP contribution in [-0.2, 0) is 5.54 Å². The van der Waals surface area contributed by atoms with Crippen LogP contribution in [0.4, 0.5) is 0 Å². The Labute approximate surface area is 200 Å². The van der Waals surface area contributed by atoms with Crippen LogP contribution in [0.2, 0.25) is 0 Å². The molecule has 6 heteroatoms. The van der Waals surface area contributed by atoms with Crippen molar-refractivity contribution in [3.63, 3.8) is 0 Å². The van der Waals surface area contributed by atoms with Gasteiger partial charge in [0.2, 0.25) is 0 Å². The zero-order valence-electron chi connectivity index (χ0n) is 19.9. The van der Waals surface area contributed by atoms with Crippen LogP contribution in [0.3, 0.4) is 0 Å². The van der Waals surface area contributed by atoms with E-state index in [0.29, 0.717) is 5.82 Å². The van der Waals surface area contributed by atoms with Crippen LogP contribution in [0.5, 0.6) is 0 Å². The topological polar surface area (TPSA) is 79.5 Å². The number of hydrogen-bond donors (Lipinski definition) is 0. The molecule has 0 fully saturated rings. The van der Waals surface area contributed by atoms with Gasteiger partial charge in [0, 0.05) is 4.91 Å². The van der Waals surface area contributed by atoms with Gasteiger partial charge in [-0.25, -0.2) is 9.67 Å². The standard InChI is InChI=1S/C28H30N6/c1-4-27(3,5-2)25(31-33-29)26-30-21-34(32-26)28(22-15-9-6-10-16-22,23-17-11-7-12-18-23)24-19-13-8-14-20-24/h6-21,25H,4-5H2,1-3H3. The van der Waals surface area contributed by atoms with Crippen LogP contribution in [0, 0.1) is 5.41 Å². The minimum absolute atomic E-state index is 0.243. The second-order valence-electron chi connectivity index (χ2n) is 8.82. The summed E-state index contributed by atoms with van der Waals surface area (Å²) < 4.78 is 1.92. The lowest BCUT2D eigenvalue weighted by atomic mass is 9.77. The van der Waals surface area contributed by atoms with E-state index in [0.717, 1.165) is 29.5 Å². The third kappa shape index (κ3) is 3.97. The summed E-state index contributed by atoms with van der Waals surface area (Å²) in [4.78, 5) is 7.88. The van der Waals surface area contributed by atoms with Crippen LogP contribution in [0.1, 0.15) is 62.2 Å². The van der Waals surface area contributed by atoms with E-state index in [1.807, 2.05) is 59.3 Å². The summed E-state index contributed by atoms with van der Waals surface area (Å²) in [6, 6.07) is 30.6. The van der Waals surface area contributed by atoms with Crippen molar-refractivity contribution < 1.29 is 0 Å². The van der Waals surface area contributed by atoms with Crippen molar-refractivity contribution >= 4 is 0 Å². The molecule has 0 bridgehead atoms. The molecule has 0 saturated carbocycles. The van der Waals surface area contributed by atoms with Crippen LogP contribution in [-0.4, -0.2) is 14.8 Å². The molecule has 1 heterocycles. The number of rotatable bonds is 9. The summed E-state index contributed by atoms with van der Waals surface area (Å²) >= 11 is 0. The molecule has 1 atom stereocenters. The molecule has 172 valence electrons. The van der Waals surface area contributed by atoms with Gasteiger partial charge in [0.25, 0.3) is 0 Å². The molecule has 1 aromatic heterocycles.